The van der Waals surface area contributed by atoms with Crippen LogP contribution >= 0.6 is 0 Å². The molecule has 1 spiro atoms. The Morgan fingerprint density at radius 1 is 1.06 bits per heavy atom. The summed E-state index contributed by atoms with van der Waals surface area (Å²) in [6.07, 6.45) is 11.2. The minimum Gasteiger partial charge on any atom is -0.375 e. The van der Waals surface area contributed by atoms with Crippen molar-refractivity contribution in [2.24, 2.45) is 5.92 Å². The molecule has 2 fully saturated rings. The summed E-state index contributed by atoms with van der Waals surface area (Å²) in [5, 5.41) is 4.12. The Labute approximate surface area is 180 Å². The van der Waals surface area contributed by atoms with Gasteiger partial charge in [-0.05, 0) is 55.9 Å². The number of piperidine rings is 1. The van der Waals surface area contributed by atoms with Crippen molar-refractivity contribution < 1.29 is 14.1 Å². The molecule has 1 atom stereocenters. The molecule has 0 bridgehead atoms. The van der Waals surface area contributed by atoms with Crippen molar-refractivity contribution in [3.8, 4) is 11.4 Å². The summed E-state index contributed by atoms with van der Waals surface area (Å²) in [6, 6.07) is 7.28. The largest absolute Gasteiger partial charge is 0.375 e. The fourth-order valence-corrected chi connectivity index (χ4v) is 4.65. The maximum absolute atomic E-state index is 12.7. The van der Waals surface area contributed by atoms with Gasteiger partial charge in [-0.3, -0.25) is 14.8 Å². The topological polar surface area (TPSA) is 94.2 Å². The van der Waals surface area contributed by atoms with E-state index in [1.165, 1.54) is 0 Å². The van der Waals surface area contributed by atoms with E-state index in [1.807, 2.05) is 17.0 Å². The van der Waals surface area contributed by atoms with Gasteiger partial charge in [0.25, 0.3) is 5.91 Å². The lowest BCUT2D eigenvalue weighted by molar-refractivity contribution is -0.124. The Bertz CT molecular complexity index is 1020. The highest BCUT2D eigenvalue weighted by Crippen LogP contribution is 2.39. The van der Waals surface area contributed by atoms with E-state index >= 15 is 0 Å². The first-order valence-corrected chi connectivity index (χ1v) is 10.8. The lowest BCUT2D eigenvalue weighted by Gasteiger charge is -2.46. The lowest BCUT2D eigenvalue weighted by atomic mass is 9.78. The number of nitrogens with zero attached hydrogens (tertiary/aromatic N) is 5. The molecule has 0 aliphatic carbocycles. The fraction of sp³-hybridized carbons (Fsp3) is 0.435. The molecule has 3 aromatic heterocycles. The van der Waals surface area contributed by atoms with E-state index in [0.717, 1.165) is 44.3 Å². The lowest BCUT2D eigenvalue weighted by Crippen LogP contribution is -2.51. The van der Waals surface area contributed by atoms with Gasteiger partial charge in [0.05, 0.1) is 5.60 Å². The molecule has 5 heterocycles. The molecule has 2 saturated heterocycles. The van der Waals surface area contributed by atoms with Crippen LogP contribution in [0.1, 0.15) is 41.9 Å². The summed E-state index contributed by atoms with van der Waals surface area (Å²) in [4.78, 5) is 27.2. The van der Waals surface area contributed by atoms with E-state index in [0.29, 0.717) is 36.3 Å². The Morgan fingerprint density at radius 2 is 1.77 bits per heavy atom. The standard InChI is InChI=1S/C23H25N5O3/c29-22(19-3-10-25-11-4-19)28-12-6-23(7-13-28)16-17(5-14-30-23)15-20-26-21(27-31-20)18-1-8-24-9-2-18/h1-4,8-11,17H,5-7,12-16H2. The van der Waals surface area contributed by atoms with Crippen molar-refractivity contribution in [2.75, 3.05) is 19.7 Å². The predicted octanol–water partition coefficient (Wildman–Crippen LogP) is 3.17. The quantitative estimate of drug-likeness (QED) is 0.641. The number of carbonyl (C=O) groups excluding carboxylic acids is 1. The highest BCUT2D eigenvalue weighted by atomic mass is 16.5. The number of likely N-dealkylation sites (tertiary alicyclic amines) is 1. The maximum Gasteiger partial charge on any atom is 0.253 e. The summed E-state index contributed by atoms with van der Waals surface area (Å²) in [7, 11) is 0. The zero-order valence-corrected chi connectivity index (χ0v) is 17.3. The number of ether oxygens (including phenoxy) is 1. The molecule has 0 aromatic carbocycles. The van der Waals surface area contributed by atoms with Gasteiger partial charge in [0.1, 0.15) is 0 Å². The van der Waals surface area contributed by atoms with Crippen molar-refractivity contribution in [1.82, 2.24) is 25.0 Å². The molecule has 1 unspecified atom stereocenters. The third-order valence-electron chi connectivity index (χ3n) is 6.35. The molecule has 0 radical (unpaired) electrons. The molecular weight excluding hydrogens is 394 g/mol. The van der Waals surface area contributed by atoms with Crippen molar-refractivity contribution in [2.45, 2.75) is 37.7 Å². The highest BCUT2D eigenvalue weighted by molar-refractivity contribution is 5.94. The number of amides is 1. The number of aromatic nitrogens is 4. The van der Waals surface area contributed by atoms with Crippen LogP contribution in [0.3, 0.4) is 0 Å². The van der Waals surface area contributed by atoms with Gasteiger partial charge in [0.2, 0.25) is 11.7 Å². The zero-order chi connectivity index (χ0) is 21.1. The first kappa shape index (κ1) is 19.8. The summed E-state index contributed by atoms with van der Waals surface area (Å²) >= 11 is 0. The highest BCUT2D eigenvalue weighted by Gasteiger charge is 2.41. The van der Waals surface area contributed by atoms with E-state index in [9.17, 15) is 4.79 Å². The van der Waals surface area contributed by atoms with Crippen LogP contribution < -0.4 is 0 Å². The van der Waals surface area contributed by atoms with Gasteiger partial charge in [0, 0.05) is 62.0 Å². The van der Waals surface area contributed by atoms with Crippen LogP contribution in [0.15, 0.2) is 53.6 Å². The van der Waals surface area contributed by atoms with Crippen LogP contribution in [0.25, 0.3) is 11.4 Å². The summed E-state index contributed by atoms with van der Waals surface area (Å²) < 4.78 is 11.8. The second-order valence-corrected chi connectivity index (χ2v) is 8.37. The van der Waals surface area contributed by atoms with Crippen LogP contribution in [-0.2, 0) is 11.2 Å². The van der Waals surface area contributed by atoms with Gasteiger partial charge in [-0.1, -0.05) is 5.16 Å². The average Bonchev–Trinajstić information content (AvgIpc) is 3.29. The first-order valence-electron chi connectivity index (χ1n) is 10.8. The molecular formula is C23H25N5O3. The van der Waals surface area contributed by atoms with E-state index in [-0.39, 0.29) is 11.5 Å². The summed E-state index contributed by atoms with van der Waals surface area (Å²) in [6.45, 7) is 2.15. The van der Waals surface area contributed by atoms with Crippen molar-refractivity contribution >= 4 is 5.91 Å². The molecule has 1 amide bonds. The molecule has 5 rings (SSSR count). The van der Waals surface area contributed by atoms with E-state index in [4.69, 9.17) is 9.26 Å². The van der Waals surface area contributed by atoms with Gasteiger partial charge >= 0.3 is 0 Å². The van der Waals surface area contributed by atoms with Crippen molar-refractivity contribution in [3.63, 3.8) is 0 Å². The Hall–Kier alpha value is -3.13. The fourth-order valence-electron chi connectivity index (χ4n) is 4.65. The molecule has 160 valence electrons. The molecule has 8 heteroatoms. The van der Waals surface area contributed by atoms with E-state index < -0.39 is 0 Å². The maximum atomic E-state index is 12.7. The number of hydrogen-bond donors (Lipinski definition) is 0. The molecule has 31 heavy (non-hydrogen) atoms. The third-order valence-corrected chi connectivity index (χ3v) is 6.35. The van der Waals surface area contributed by atoms with E-state index in [1.54, 1.807) is 36.9 Å². The Morgan fingerprint density at radius 3 is 2.52 bits per heavy atom. The predicted molar refractivity (Wildman–Crippen MR) is 112 cm³/mol. The monoisotopic (exact) mass is 419 g/mol. The second-order valence-electron chi connectivity index (χ2n) is 8.37. The minimum absolute atomic E-state index is 0.0686. The minimum atomic E-state index is -0.161. The van der Waals surface area contributed by atoms with Crippen LogP contribution in [0.4, 0.5) is 0 Å². The van der Waals surface area contributed by atoms with Crippen molar-refractivity contribution in [3.05, 3.63) is 60.5 Å². The Balaban J connectivity index is 1.19. The normalized spacial score (nSPS) is 20.6. The van der Waals surface area contributed by atoms with Crippen LogP contribution in [0, 0.1) is 5.92 Å². The van der Waals surface area contributed by atoms with Crippen LogP contribution in [0.2, 0.25) is 0 Å². The second kappa shape index (κ2) is 8.55. The molecule has 2 aliphatic rings. The van der Waals surface area contributed by atoms with Crippen molar-refractivity contribution in [1.29, 1.82) is 0 Å². The molecule has 8 nitrogen and oxygen atoms in total. The Kier molecular flexibility index (Phi) is 5.46. The molecule has 3 aromatic rings. The zero-order valence-electron chi connectivity index (χ0n) is 17.3. The van der Waals surface area contributed by atoms with Gasteiger partial charge in [-0.15, -0.1) is 0 Å². The van der Waals surface area contributed by atoms with Gasteiger partial charge < -0.3 is 14.2 Å². The number of pyridine rings is 2. The summed E-state index contributed by atoms with van der Waals surface area (Å²) in [5.74, 6) is 1.77. The number of carbonyl (C=O) groups is 1. The van der Waals surface area contributed by atoms with Gasteiger partial charge in [-0.2, -0.15) is 4.98 Å². The van der Waals surface area contributed by atoms with Gasteiger partial charge in [-0.25, -0.2) is 0 Å². The van der Waals surface area contributed by atoms with Crippen LogP contribution in [-0.4, -0.2) is 56.2 Å². The number of hydrogen-bond acceptors (Lipinski definition) is 7. The van der Waals surface area contributed by atoms with E-state index in [2.05, 4.69) is 20.1 Å². The summed E-state index contributed by atoms with van der Waals surface area (Å²) in [5.41, 5.74) is 1.43. The molecule has 0 saturated carbocycles. The molecule has 0 N–H and O–H groups in total. The smallest absolute Gasteiger partial charge is 0.253 e. The van der Waals surface area contributed by atoms with Crippen LogP contribution in [0.5, 0.6) is 0 Å². The SMILES string of the molecule is O=C(c1ccncc1)N1CCC2(CC1)CC(Cc1nc(-c3ccncc3)no1)CCO2. The molecule has 2 aliphatic heterocycles. The third kappa shape index (κ3) is 4.34. The first-order chi connectivity index (χ1) is 15.2. The number of rotatable bonds is 4. The average molecular weight is 419 g/mol. The van der Waals surface area contributed by atoms with Gasteiger partial charge in [0.15, 0.2) is 0 Å².